The van der Waals surface area contributed by atoms with Gasteiger partial charge in [0.05, 0.1) is 11.7 Å². The molecule has 0 spiro atoms. The molecular formula is C16H22O4. The third-order valence-corrected chi connectivity index (χ3v) is 4.40. The van der Waals surface area contributed by atoms with E-state index in [0.717, 1.165) is 0 Å². The third-order valence-electron chi connectivity index (χ3n) is 4.40. The Morgan fingerprint density at radius 2 is 1.80 bits per heavy atom. The molecule has 0 saturated carbocycles. The monoisotopic (exact) mass is 278 g/mol. The lowest BCUT2D eigenvalue weighted by atomic mass is 9.79. The van der Waals surface area contributed by atoms with Gasteiger partial charge in [-0.15, -0.1) is 0 Å². The number of carbonyl (C=O) groups excluding carboxylic acids is 1. The second-order valence-electron chi connectivity index (χ2n) is 5.61. The molecule has 1 aliphatic rings. The zero-order chi connectivity index (χ0) is 14.7. The van der Waals surface area contributed by atoms with Gasteiger partial charge < -0.3 is 14.6 Å². The SMILES string of the molecule is CC1C(O)OC(COC(=O)c2ccccc2)C(C)C1C. The Labute approximate surface area is 119 Å². The molecule has 20 heavy (non-hydrogen) atoms. The first-order valence-electron chi connectivity index (χ1n) is 7.06. The van der Waals surface area contributed by atoms with E-state index in [1.165, 1.54) is 0 Å². The Kier molecular flexibility index (Phi) is 4.78. The van der Waals surface area contributed by atoms with Crippen molar-refractivity contribution < 1.29 is 19.4 Å². The summed E-state index contributed by atoms with van der Waals surface area (Å²) in [4.78, 5) is 11.9. The first-order chi connectivity index (χ1) is 9.50. The number of hydrogen-bond donors (Lipinski definition) is 1. The van der Waals surface area contributed by atoms with Crippen molar-refractivity contribution in [3.05, 3.63) is 35.9 Å². The van der Waals surface area contributed by atoms with E-state index in [1.807, 2.05) is 13.0 Å². The highest BCUT2D eigenvalue weighted by Gasteiger charge is 2.38. The summed E-state index contributed by atoms with van der Waals surface area (Å²) in [7, 11) is 0. The van der Waals surface area contributed by atoms with Gasteiger partial charge in [0.1, 0.15) is 6.61 Å². The smallest absolute Gasteiger partial charge is 0.338 e. The molecule has 1 aromatic rings. The molecule has 1 aromatic carbocycles. The van der Waals surface area contributed by atoms with Gasteiger partial charge in [0.2, 0.25) is 0 Å². The fourth-order valence-corrected chi connectivity index (χ4v) is 2.51. The average molecular weight is 278 g/mol. The van der Waals surface area contributed by atoms with E-state index in [0.29, 0.717) is 11.5 Å². The summed E-state index contributed by atoms with van der Waals surface area (Å²) in [6, 6.07) is 8.87. The van der Waals surface area contributed by atoms with E-state index >= 15 is 0 Å². The van der Waals surface area contributed by atoms with Crippen LogP contribution in [-0.4, -0.2) is 30.1 Å². The lowest BCUT2D eigenvalue weighted by Gasteiger charge is -2.41. The Morgan fingerprint density at radius 1 is 1.15 bits per heavy atom. The van der Waals surface area contributed by atoms with Crippen molar-refractivity contribution in [1.29, 1.82) is 0 Å². The number of esters is 1. The first kappa shape index (κ1) is 15.0. The Balaban J connectivity index is 1.92. The first-order valence-corrected chi connectivity index (χ1v) is 7.06. The van der Waals surface area contributed by atoms with Crippen LogP contribution >= 0.6 is 0 Å². The minimum absolute atomic E-state index is 0.0890. The lowest BCUT2D eigenvalue weighted by Crippen LogP contribution is -2.46. The molecular weight excluding hydrogens is 256 g/mol. The number of carbonyl (C=O) groups is 1. The molecule has 1 saturated heterocycles. The van der Waals surface area contributed by atoms with Crippen LogP contribution in [0, 0.1) is 17.8 Å². The summed E-state index contributed by atoms with van der Waals surface area (Å²) >= 11 is 0. The van der Waals surface area contributed by atoms with Crippen molar-refractivity contribution in [1.82, 2.24) is 0 Å². The summed E-state index contributed by atoms with van der Waals surface area (Å²) in [5.41, 5.74) is 0.526. The maximum atomic E-state index is 11.9. The molecule has 1 fully saturated rings. The van der Waals surface area contributed by atoms with Crippen LogP contribution < -0.4 is 0 Å². The van der Waals surface area contributed by atoms with Crippen LogP contribution in [0.5, 0.6) is 0 Å². The van der Waals surface area contributed by atoms with Crippen molar-refractivity contribution in [2.24, 2.45) is 17.8 Å². The molecule has 1 aliphatic heterocycles. The molecule has 1 heterocycles. The summed E-state index contributed by atoms with van der Waals surface area (Å²) < 4.78 is 10.8. The normalized spacial score (nSPS) is 33.7. The van der Waals surface area contributed by atoms with Crippen molar-refractivity contribution in [3.8, 4) is 0 Å². The molecule has 4 nitrogen and oxygen atoms in total. The molecule has 5 atom stereocenters. The molecule has 0 amide bonds. The van der Waals surface area contributed by atoms with Crippen LogP contribution in [0.4, 0.5) is 0 Å². The highest BCUT2D eigenvalue weighted by atomic mass is 16.6. The largest absolute Gasteiger partial charge is 0.459 e. The van der Waals surface area contributed by atoms with E-state index < -0.39 is 6.29 Å². The lowest BCUT2D eigenvalue weighted by molar-refractivity contribution is -0.232. The van der Waals surface area contributed by atoms with Crippen molar-refractivity contribution >= 4 is 5.97 Å². The van der Waals surface area contributed by atoms with Crippen LogP contribution in [0.15, 0.2) is 30.3 Å². The molecule has 0 aliphatic carbocycles. The predicted octanol–water partition coefficient (Wildman–Crippen LogP) is 2.47. The van der Waals surface area contributed by atoms with Crippen LogP contribution in [-0.2, 0) is 9.47 Å². The van der Waals surface area contributed by atoms with Gasteiger partial charge in [-0.1, -0.05) is 39.0 Å². The van der Waals surface area contributed by atoms with Gasteiger partial charge in [-0.25, -0.2) is 4.79 Å². The van der Waals surface area contributed by atoms with Crippen molar-refractivity contribution in [2.45, 2.75) is 33.2 Å². The summed E-state index contributed by atoms with van der Waals surface area (Å²) in [6.45, 7) is 6.29. The zero-order valence-electron chi connectivity index (χ0n) is 12.2. The van der Waals surface area contributed by atoms with E-state index in [2.05, 4.69) is 13.8 Å². The highest BCUT2D eigenvalue weighted by molar-refractivity contribution is 5.89. The fourth-order valence-electron chi connectivity index (χ4n) is 2.51. The van der Waals surface area contributed by atoms with Gasteiger partial charge in [-0.3, -0.25) is 0 Å². The molecule has 0 radical (unpaired) electrons. The second-order valence-corrected chi connectivity index (χ2v) is 5.61. The molecule has 5 unspecified atom stereocenters. The van der Waals surface area contributed by atoms with Gasteiger partial charge in [0.15, 0.2) is 6.29 Å². The Morgan fingerprint density at radius 3 is 2.45 bits per heavy atom. The molecule has 2 rings (SSSR count). The summed E-state index contributed by atoms with van der Waals surface area (Å²) in [6.07, 6.45) is -1.05. The molecule has 4 heteroatoms. The van der Waals surface area contributed by atoms with Gasteiger partial charge in [-0.05, 0) is 24.0 Å². The second kappa shape index (κ2) is 6.37. The highest BCUT2D eigenvalue weighted by Crippen LogP contribution is 2.34. The average Bonchev–Trinajstić information content (AvgIpc) is 2.48. The van der Waals surface area contributed by atoms with E-state index in [1.54, 1.807) is 24.3 Å². The van der Waals surface area contributed by atoms with Gasteiger partial charge >= 0.3 is 5.97 Å². The number of aliphatic hydroxyl groups is 1. The van der Waals surface area contributed by atoms with Crippen molar-refractivity contribution in [2.75, 3.05) is 6.61 Å². The number of rotatable bonds is 3. The number of aliphatic hydroxyl groups excluding tert-OH is 1. The number of hydrogen-bond acceptors (Lipinski definition) is 4. The van der Waals surface area contributed by atoms with Crippen LogP contribution in [0.25, 0.3) is 0 Å². The minimum atomic E-state index is -0.790. The maximum absolute atomic E-state index is 11.9. The summed E-state index contributed by atoms with van der Waals surface area (Å²) in [5, 5.41) is 9.86. The predicted molar refractivity (Wildman–Crippen MR) is 75.1 cm³/mol. The van der Waals surface area contributed by atoms with E-state index in [9.17, 15) is 9.90 Å². The van der Waals surface area contributed by atoms with Crippen LogP contribution in [0.2, 0.25) is 0 Å². The Hall–Kier alpha value is -1.39. The van der Waals surface area contributed by atoms with Crippen molar-refractivity contribution in [3.63, 3.8) is 0 Å². The molecule has 1 N–H and O–H groups in total. The topological polar surface area (TPSA) is 55.8 Å². The summed E-state index contributed by atoms with van der Waals surface area (Å²) in [5.74, 6) is 0.282. The van der Waals surface area contributed by atoms with E-state index in [4.69, 9.17) is 9.47 Å². The van der Waals surface area contributed by atoms with Gasteiger partial charge in [0.25, 0.3) is 0 Å². The minimum Gasteiger partial charge on any atom is -0.459 e. The van der Waals surface area contributed by atoms with E-state index in [-0.39, 0.29) is 30.5 Å². The standard InChI is InChI=1S/C16H22O4/c1-10-11(2)14(20-15(17)12(10)3)9-19-16(18)13-7-5-4-6-8-13/h4-8,10-12,14-15,17H,9H2,1-3H3. The van der Waals surface area contributed by atoms with Crippen LogP contribution in [0.1, 0.15) is 31.1 Å². The Bertz CT molecular complexity index is 445. The molecule has 0 bridgehead atoms. The quantitative estimate of drug-likeness (QED) is 0.863. The van der Waals surface area contributed by atoms with Crippen LogP contribution in [0.3, 0.4) is 0 Å². The molecule has 0 aromatic heterocycles. The maximum Gasteiger partial charge on any atom is 0.338 e. The zero-order valence-corrected chi connectivity index (χ0v) is 12.2. The molecule has 110 valence electrons. The fraction of sp³-hybridized carbons (Fsp3) is 0.562. The number of ether oxygens (including phenoxy) is 2. The third kappa shape index (κ3) is 3.19. The van der Waals surface area contributed by atoms with Gasteiger partial charge in [-0.2, -0.15) is 0 Å². The van der Waals surface area contributed by atoms with Gasteiger partial charge in [0, 0.05) is 5.92 Å². The number of benzene rings is 1.